The second-order valence-corrected chi connectivity index (χ2v) is 21.6. The zero-order chi connectivity index (χ0) is 58.4. The molecule has 7 aromatic rings. The molecule has 0 spiro atoms. The van der Waals surface area contributed by atoms with E-state index in [0.29, 0.717) is 70.4 Å². The van der Waals surface area contributed by atoms with Crippen molar-refractivity contribution in [2.24, 2.45) is 20.5 Å². The van der Waals surface area contributed by atoms with Crippen molar-refractivity contribution in [1.29, 1.82) is 0 Å². The quantitative estimate of drug-likeness (QED) is 0.00887. The minimum absolute atomic E-state index is 0.0355. The highest BCUT2D eigenvalue weighted by Crippen LogP contribution is 2.38. The Morgan fingerprint density at radius 1 is 0.642 bits per heavy atom. The molecule has 22 nitrogen and oxygen atoms in total. The topological polar surface area (TPSA) is 291 Å². The summed E-state index contributed by atoms with van der Waals surface area (Å²) in [6.07, 6.45) is 3.76. The molecule has 0 saturated heterocycles. The standard InChI is InChI=1S/C53H53F2N15O7S4/c1-8-69(9-2)36-19-21-41(65-67-51-56-29-38(79-51)27-39(30(6)71)46(73)57-34-17-13-15-32(54)23-34)43(25-36)59-49-62-50(64-52(63-49)78-12-5)60-44-26-37(70(10-3)11-4)20-22-42(44)66-68-53-61-48(81(75,76)77)45(80-53)28-40(31(7)72)47(74)58-35-18-14-16-33(55)24-35/h13-29H,8-12H2,1-7H3,(H,57,73)(H,58,74)(H,75,76,77)(H2,59,60,62,63,64)/b39-27+,40-28-,67-65?,68-66?. The molecule has 7 rings (SSSR count). The first-order valence-corrected chi connectivity index (χ1v) is 28.9. The van der Waals surface area contributed by atoms with Gasteiger partial charge in [-0.25, -0.2) is 18.7 Å². The van der Waals surface area contributed by atoms with Gasteiger partial charge in [0.05, 0.1) is 32.3 Å². The predicted molar refractivity (Wildman–Crippen MR) is 313 cm³/mol. The number of Topliss-reactive ketones (excluding diaryl/α,β-unsaturated/α-hetero) is 2. The van der Waals surface area contributed by atoms with Crippen molar-refractivity contribution < 1.29 is 40.9 Å². The number of carbonyl (C=O) groups excluding carboxylic acids is 4. The number of hydrogen-bond acceptors (Lipinski definition) is 22. The molecule has 4 aromatic carbocycles. The van der Waals surface area contributed by atoms with E-state index in [1.165, 1.54) is 61.3 Å². The Balaban J connectivity index is 1.22. The van der Waals surface area contributed by atoms with E-state index in [1.54, 1.807) is 18.2 Å². The molecule has 0 radical (unpaired) electrons. The van der Waals surface area contributed by atoms with Crippen molar-refractivity contribution in [2.45, 2.75) is 58.6 Å². The Morgan fingerprint density at radius 3 is 1.59 bits per heavy atom. The van der Waals surface area contributed by atoms with E-state index in [4.69, 9.17) is 15.0 Å². The van der Waals surface area contributed by atoms with Gasteiger partial charge in [0.15, 0.2) is 16.7 Å². The van der Waals surface area contributed by atoms with Gasteiger partial charge >= 0.3 is 10.1 Å². The number of carbonyl (C=O) groups is 4. The number of ketones is 2. The Labute approximate surface area is 476 Å². The van der Waals surface area contributed by atoms with Gasteiger partial charge in [-0.1, -0.05) is 53.5 Å². The highest BCUT2D eigenvalue weighted by molar-refractivity contribution is 7.99. The van der Waals surface area contributed by atoms with E-state index in [2.05, 4.69) is 61.5 Å². The van der Waals surface area contributed by atoms with Gasteiger partial charge in [0, 0.05) is 55.1 Å². The van der Waals surface area contributed by atoms with Gasteiger partial charge in [-0.05, 0) is 132 Å². The molecule has 3 heterocycles. The highest BCUT2D eigenvalue weighted by atomic mass is 32.2. The maximum atomic E-state index is 13.9. The molecule has 2 amide bonds. The minimum Gasteiger partial charge on any atom is -0.372 e. The SMILES string of the molecule is CCSc1nc(Nc2cc(N(CC)CC)ccc2N=Nc2ncc(/C=C(\C(C)=O)C(=O)Nc3cccc(F)c3)s2)nc(Nc2cc(N(CC)CC)ccc2N=Nc2nc(S(=O)(=O)O)c(/C=C(/C(C)=O)C(=O)Nc3cccc(F)c3)s2)n1. The minimum atomic E-state index is -5.04. The molecule has 81 heavy (non-hydrogen) atoms. The summed E-state index contributed by atoms with van der Waals surface area (Å²) in [6.45, 7) is 15.0. The summed E-state index contributed by atoms with van der Waals surface area (Å²) in [5, 5.41) is 28.5. The zero-order valence-electron chi connectivity index (χ0n) is 44.6. The average Bonchev–Trinajstić information content (AvgIpc) is 4.28. The fraction of sp³-hybridized carbons (Fsp3) is 0.226. The molecule has 0 atom stereocenters. The number of nitrogens with zero attached hydrogens (tertiary/aromatic N) is 11. The highest BCUT2D eigenvalue weighted by Gasteiger charge is 2.25. The Morgan fingerprint density at radius 2 is 1.14 bits per heavy atom. The summed E-state index contributed by atoms with van der Waals surface area (Å²) in [5.74, 6) is -3.39. The van der Waals surface area contributed by atoms with Crippen molar-refractivity contribution in [1.82, 2.24) is 24.9 Å². The summed E-state index contributed by atoms with van der Waals surface area (Å²) in [4.78, 5) is 78.4. The second kappa shape index (κ2) is 27.5. The normalized spacial score (nSPS) is 12.0. The molecule has 0 unspecified atom stereocenters. The molecule has 3 aromatic heterocycles. The van der Waals surface area contributed by atoms with E-state index in [9.17, 15) is 40.9 Å². The lowest BCUT2D eigenvalue weighted by molar-refractivity contribution is -0.120. The summed E-state index contributed by atoms with van der Waals surface area (Å²) < 4.78 is 63.1. The van der Waals surface area contributed by atoms with Crippen LogP contribution in [0.25, 0.3) is 12.2 Å². The van der Waals surface area contributed by atoms with Gasteiger partial charge in [-0.3, -0.25) is 23.7 Å². The van der Waals surface area contributed by atoms with Crippen molar-refractivity contribution in [2.75, 3.05) is 63.0 Å². The molecule has 0 aliphatic heterocycles. The van der Waals surface area contributed by atoms with Crippen LogP contribution in [0.1, 0.15) is 58.2 Å². The molecule has 0 aliphatic carbocycles. The number of benzene rings is 4. The molecule has 420 valence electrons. The van der Waals surface area contributed by atoms with E-state index >= 15 is 0 Å². The second-order valence-electron chi connectivity index (χ2n) is 16.9. The van der Waals surface area contributed by atoms with E-state index < -0.39 is 55.7 Å². The molecular weight excluding hydrogens is 1120 g/mol. The number of thiazole rings is 2. The largest absolute Gasteiger partial charge is 0.372 e. The number of azo groups is 2. The Kier molecular flexibility index (Phi) is 20.4. The molecule has 0 fully saturated rings. The van der Waals surface area contributed by atoms with Crippen LogP contribution in [0.3, 0.4) is 0 Å². The Bertz CT molecular complexity index is 3730. The van der Waals surface area contributed by atoms with Crippen LogP contribution in [0.5, 0.6) is 0 Å². The molecular formula is C53H53F2N15O7S4. The summed E-state index contributed by atoms with van der Waals surface area (Å²) in [6, 6.07) is 21.0. The molecule has 28 heteroatoms. The first-order chi connectivity index (χ1) is 38.8. The monoisotopic (exact) mass is 1180 g/mol. The number of amides is 2. The van der Waals surface area contributed by atoms with Crippen LogP contribution in [0.4, 0.5) is 76.4 Å². The lowest BCUT2D eigenvalue weighted by Crippen LogP contribution is -2.21. The fourth-order valence-corrected chi connectivity index (χ4v) is 10.5. The molecule has 0 aliphatic rings. The summed E-state index contributed by atoms with van der Waals surface area (Å²) >= 11 is 3.04. The van der Waals surface area contributed by atoms with Crippen LogP contribution >= 0.6 is 34.4 Å². The lowest BCUT2D eigenvalue weighted by atomic mass is 10.1. The number of aromatic nitrogens is 5. The van der Waals surface area contributed by atoms with E-state index in [1.807, 2.05) is 52.8 Å². The van der Waals surface area contributed by atoms with Gasteiger partial charge in [-0.2, -0.15) is 23.4 Å². The van der Waals surface area contributed by atoms with Gasteiger partial charge in [-0.15, -0.1) is 20.5 Å². The van der Waals surface area contributed by atoms with E-state index in [-0.39, 0.29) is 49.7 Å². The molecule has 0 saturated carbocycles. The first kappa shape index (κ1) is 60.1. The zero-order valence-corrected chi connectivity index (χ0v) is 47.8. The maximum absolute atomic E-state index is 13.9. The predicted octanol–water partition coefficient (Wildman–Crippen LogP) is 12.7. The van der Waals surface area contributed by atoms with E-state index in [0.717, 1.165) is 53.9 Å². The van der Waals surface area contributed by atoms with Crippen LogP contribution < -0.4 is 31.1 Å². The van der Waals surface area contributed by atoms with Crippen molar-refractivity contribution in [3.8, 4) is 0 Å². The number of anilines is 8. The Hall–Kier alpha value is -8.57. The molecule has 5 N–H and O–H groups in total. The third-order valence-corrected chi connectivity index (χ3v) is 14.8. The number of halogens is 2. The van der Waals surface area contributed by atoms with Gasteiger partial charge in [0.25, 0.3) is 11.8 Å². The third-order valence-electron chi connectivity index (χ3n) is 11.4. The van der Waals surface area contributed by atoms with Crippen molar-refractivity contribution >= 4 is 148 Å². The van der Waals surface area contributed by atoms with Gasteiger partial charge < -0.3 is 31.1 Å². The maximum Gasteiger partial charge on any atom is 0.313 e. The van der Waals surface area contributed by atoms with Gasteiger partial charge in [0.1, 0.15) is 23.0 Å². The number of rotatable bonds is 25. The average molecular weight is 1180 g/mol. The summed E-state index contributed by atoms with van der Waals surface area (Å²) in [7, 11) is -5.04. The molecule has 0 bridgehead atoms. The van der Waals surface area contributed by atoms with Crippen LogP contribution in [-0.2, 0) is 29.3 Å². The number of hydrogen-bond donors (Lipinski definition) is 5. The van der Waals surface area contributed by atoms with Crippen LogP contribution in [0, 0.1) is 11.6 Å². The smallest absolute Gasteiger partial charge is 0.313 e. The van der Waals surface area contributed by atoms with Crippen LogP contribution in [0.2, 0.25) is 0 Å². The van der Waals surface area contributed by atoms with Crippen molar-refractivity contribution in [3.63, 3.8) is 0 Å². The third kappa shape index (κ3) is 16.3. The fourth-order valence-electron chi connectivity index (χ4n) is 7.56. The first-order valence-electron chi connectivity index (χ1n) is 24.8. The van der Waals surface area contributed by atoms with Crippen LogP contribution in [0.15, 0.2) is 133 Å². The lowest BCUT2D eigenvalue weighted by Gasteiger charge is -2.22. The van der Waals surface area contributed by atoms with Crippen molar-refractivity contribution in [3.05, 3.63) is 124 Å². The number of thioether (sulfide) groups is 1. The summed E-state index contributed by atoms with van der Waals surface area (Å²) in [5.41, 5.74) is 2.56. The van der Waals surface area contributed by atoms with Crippen LogP contribution in [-0.4, -0.2) is 93.2 Å². The number of nitrogens with one attached hydrogen (secondary N) is 4. The van der Waals surface area contributed by atoms with Gasteiger partial charge in [0.2, 0.25) is 27.2 Å².